The minimum Gasteiger partial charge on any atom is -0.454 e. The van der Waals surface area contributed by atoms with Crippen LogP contribution in [0.1, 0.15) is 17.2 Å². The van der Waals surface area contributed by atoms with Gasteiger partial charge in [-0.1, -0.05) is 60.1 Å². The van der Waals surface area contributed by atoms with E-state index >= 15 is 0 Å². The summed E-state index contributed by atoms with van der Waals surface area (Å²) in [5.74, 6) is 2.83. The summed E-state index contributed by atoms with van der Waals surface area (Å²) in [5.41, 5.74) is 3.95. The van der Waals surface area contributed by atoms with Gasteiger partial charge in [0, 0.05) is 16.3 Å². The molecule has 1 aromatic heterocycles. The van der Waals surface area contributed by atoms with E-state index in [1.807, 2.05) is 77.5 Å². The maximum Gasteiger partial charge on any atom is 0.231 e. The van der Waals surface area contributed by atoms with Gasteiger partial charge < -0.3 is 14.8 Å². The average molecular weight is 429 g/mol. The van der Waals surface area contributed by atoms with Crippen molar-refractivity contribution in [1.29, 1.82) is 0 Å². The lowest BCUT2D eigenvalue weighted by Crippen LogP contribution is -2.20. The van der Waals surface area contributed by atoms with Crippen molar-refractivity contribution >= 4 is 23.2 Å². The zero-order chi connectivity index (χ0) is 20.8. The minimum absolute atomic E-state index is 0.165. The number of aromatic nitrogens is 3. The summed E-state index contributed by atoms with van der Waals surface area (Å²) in [4.78, 5) is 4.78. The van der Waals surface area contributed by atoms with Crippen LogP contribution in [0.25, 0.3) is 17.1 Å². The molecule has 0 fully saturated rings. The van der Waals surface area contributed by atoms with Crippen molar-refractivity contribution in [1.82, 2.24) is 14.8 Å². The Morgan fingerprint density at radius 1 is 0.903 bits per heavy atom. The SMILES string of the molecule is Clc1ccc(C2=C[C@H](c3ccc4c(c3)OCO4)n3nc(-c4ccccc4)nc3N2)cc1. The Balaban J connectivity index is 1.48. The highest BCUT2D eigenvalue weighted by molar-refractivity contribution is 6.30. The number of anilines is 1. The first-order chi connectivity index (χ1) is 15.2. The zero-order valence-corrected chi connectivity index (χ0v) is 17.1. The first-order valence-corrected chi connectivity index (χ1v) is 10.3. The summed E-state index contributed by atoms with van der Waals surface area (Å²) in [6, 6.07) is 23.5. The molecule has 0 spiro atoms. The van der Waals surface area contributed by atoms with Crippen LogP contribution in [-0.2, 0) is 0 Å². The van der Waals surface area contributed by atoms with Gasteiger partial charge in [0.05, 0.1) is 0 Å². The van der Waals surface area contributed by atoms with Crippen LogP contribution >= 0.6 is 11.6 Å². The van der Waals surface area contributed by atoms with Gasteiger partial charge in [-0.05, 0) is 41.5 Å². The summed E-state index contributed by atoms with van der Waals surface area (Å²) >= 11 is 6.09. The van der Waals surface area contributed by atoms with Gasteiger partial charge in [0.25, 0.3) is 0 Å². The fraction of sp³-hybridized carbons (Fsp3) is 0.0833. The van der Waals surface area contributed by atoms with Crippen LogP contribution in [-0.4, -0.2) is 21.6 Å². The molecule has 152 valence electrons. The summed E-state index contributed by atoms with van der Waals surface area (Å²) in [6.45, 7) is 0.240. The van der Waals surface area contributed by atoms with Crippen LogP contribution in [0.4, 0.5) is 5.95 Å². The molecule has 0 saturated carbocycles. The topological polar surface area (TPSA) is 61.2 Å². The number of rotatable bonds is 3. The van der Waals surface area contributed by atoms with E-state index in [0.29, 0.717) is 16.8 Å². The van der Waals surface area contributed by atoms with Crippen molar-refractivity contribution in [3.05, 3.63) is 95.0 Å². The summed E-state index contributed by atoms with van der Waals surface area (Å²) in [5, 5.41) is 8.94. The molecule has 0 saturated heterocycles. The van der Waals surface area contributed by atoms with E-state index in [1.165, 1.54) is 0 Å². The molecule has 2 aliphatic rings. The predicted molar refractivity (Wildman–Crippen MR) is 119 cm³/mol. The van der Waals surface area contributed by atoms with E-state index in [0.717, 1.165) is 33.9 Å². The molecule has 6 rings (SSSR count). The molecule has 0 aliphatic carbocycles. The van der Waals surface area contributed by atoms with Crippen LogP contribution in [0.2, 0.25) is 5.02 Å². The number of benzene rings is 3. The third kappa shape index (κ3) is 3.21. The molecule has 6 nitrogen and oxygen atoms in total. The molecule has 0 unspecified atom stereocenters. The number of allylic oxidation sites excluding steroid dienone is 1. The molecule has 4 aromatic rings. The minimum atomic E-state index is -0.165. The van der Waals surface area contributed by atoms with Crippen LogP contribution in [0.15, 0.2) is 78.9 Å². The Labute approximate surface area is 183 Å². The number of ether oxygens (including phenoxy) is 2. The Morgan fingerprint density at radius 2 is 1.71 bits per heavy atom. The lowest BCUT2D eigenvalue weighted by atomic mass is 10.0. The van der Waals surface area contributed by atoms with E-state index < -0.39 is 0 Å². The van der Waals surface area contributed by atoms with E-state index in [2.05, 4.69) is 11.4 Å². The molecule has 0 radical (unpaired) electrons. The number of hydrogen-bond acceptors (Lipinski definition) is 5. The van der Waals surface area contributed by atoms with E-state index in [9.17, 15) is 0 Å². The number of halogens is 1. The van der Waals surface area contributed by atoms with Gasteiger partial charge in [0.15, 0.2) is 17.3 Å². The third-order valence-corrected chi connectivity index (χ3v) is 5.64. The third-order valence-electron chi connectivity index (χ3n) is 5.39. The predicted octanol–water partition coefficient (Wildman–Crippen LogP) is 5.38. The molecule has 3 aromatic carbocycles. The molecular weight excluding hydrogens is 412 g/mol. The molecule has 0 amide bonds. The first-order valence-electron chi connectivity index (χ1n) is 9.91. The largest absolute Gasteiger partial charge is 0.454 e. The molecule has 7 heteroatoms. The van der Waals surface area contributed by atoms with Crippen molar-refractivity contribution in [2.45, 2.75) is 6.04 Å². The lowest BCUT2D eigenvalue weighted by Gasteiger charge is -2.24. The van der Waals surface area contributed by atoms with Gasteiger partial charge in [0.1, 0.15) is 6.04 Å². The summed E-state index contributed by atoms with van der Waals surface area (Å²) in [6.07, 6.45) is 2.14. The van der Waals surface area contributed by atoms with E-state index in [-0.39, 0.29) is 12.8 Å². The summed E-state index contributed by atoms with van der Waals surface area (Å²) in [7, 11) is 0. The van der Waals surface area contributed by atoms with Gasteiger partial charge in [0.2, 0.25) is 12.7 Å². The fourth-order valence-corrected chi connectivity index (χ4v) is 3.96. The molecule has 0 bridgehead atoms. The maximum atomic E-state index is 6.09. The molecule has 2 aliphatic heterocycles. The lowest BCUT2D eigenvalue weighted by molar-refractivity contribution is 0.174. The molecule has 1 N–H and O–H groups in total. The maximum absolute atomic E-state index is 6.09. The highest BCUT2D eigenvalue weighted by atomic mass is 35.5. The van der Waals surface area contributed by atoms with Crippen molar-refractivity contribution in [2.24, 2.45) is 0 Å². The van der Waals surface area contributed by atoms with Crippen molar-refractivity contribution < 1.29 is 9.47 Å². The van der Waals surface area contributed by atoms with Crippen LogP contribution in [0.5, 0.6) is 11.5 Å². The Hall–Kier alpha value is -3.77. The van der Waals surface area contributed by atoms with Gasteiger partial charge in [-0.3, -0.25) is 0 Å². The normalized spacial score (nSPS) is 16.4. The quantitative estimate of drug-likeness (QED) is 0.474. The molecule has 1 atom stereocenters. The van der Waals surface area contributed by atoms with E-state index in [1.54, 1.807) is 0 Å². The van der Waals surface area contributed by atoms with Gasteiger partial charge in [-0.15, -0.1) is 5.10 Å². The number of fused-ring (bicyclic) bond motifs is 2. The molecule has 3 heterocycles. The van der Waals surface area contributed by atoms with Crippen LogP contribution in [0.3, 0.4) is 0 Å². The van der Waals surface area contributed by atoms with Crippen LogP contribution < -0.4 is 14.8 Å². The fourth-order valence-electron chi connectivity index (χ4n) is 3.83. The Bertz CT molecular complexity index is 1300. The van der Waals surface area contributed by atoms with E-state index in [4.69, 9.17) is 31.2 Å². The van der Waals surface area contributed by atoms with Gasteiger partial charge >= 0.3 is 0 Å². The number of hydrogen-bond donors (Lipinski definition) is 1. The number of nitrogens with zero attached hydrogens (tertiary/aromatic N) is 3. The second-order valence-electron chi connectivity index (χ2n) is 7.34. The highest BCUT2D eigenvalue weighted by Crippen LogP contribution is 2.39. The second kappa shape index (κ2) is 7.18. The monoisotopic (exact) mass is 428 g/mol. The zero-order valence-electron chi connectivity index (χ0n) is 16.3. The standard InChI is InChI=1S/C24H17ClN4O2/c25-18-9-6-15(7-10-18)19-13-20(17-8-11-21-22(12-17)31-14-30-21)29-24(26-19)27-23(28-29)16-4-2-1-3-5-16/h1-13,20H,14H2,(H,26,27,28)/t20-/m1/s1. The van der Waals surface area contributed by atoms with Crippen molar-refractivity contribution in [2.75, 3.05) is 12.1 Å². The van der Waals surface area contributed by atoms with Crippen molar-refractivity contribution in [3.63, 3.8) is 0 Å². The van der Waals surface area contributed by atoms with Gasteiger partial charge in [-0.25, -0.2) is 4.68 Å². The molecular formula is C24H17ClN4O2. The molecule has 31 heavy (non-hydrogen) atoms. The average Bonchev–Trinajstić information content (AvgIpc) is 3.46. The smallest absolute Gasteiger partial charge is 0.231 e. The Kier molecular flexibility index (Phi) is 4.18. The Morgan fingerprint density at radius 3 is 2.55 bits per heavy atom. The second-order valence-corrected chi connectivity index (χ2v) is 7.78. The number of nitrogens with one attached hydrogen (secondary N) is 1. The van der Waals surface area contributed by atoms with Crippen LogP contribution in [0, 0.1) is 0 Å². The summed E-state index contributed by atoms with van der Waals surface area (Å²) < 4.78 is 13.0. The first kappa shape index (κ1) is 18.0. The van der Waals surface area contributed by atoms with Gasteiger partial charge in [-0.2, -0.15) is 4.98 Å². The highest BCUT2D eigenvalue weighted by Gasteiger charge is 2.27. The van der Waals surface area contributed by atoms with Crippen molar-refractivity contribution in [3.8, 4) is 22.9 Å².